The van der Waals surface area contributed by atoms with Gasteiger partial charge in [-0.1, -0.05) is 56.6 Å². The van der Waals surface area contributed by atoms with Crippen LogP contribution in [0.4, 0.5) is 0 Å². The summed E-state index contributed by atoms with van der Waals surface area (Å²) < 4.78 is 0. The molecule has 1 aromatic carbocycles. The predicted octanol–water partition coefficient (Wildman–Crippen LogP) is 4.45. The second-order valence-electron chi connectivity index (χ2n) is 6.00. The second kappa shape index (κ2) is 6.27. The molecule has 0 aliphatic carbocycles. The highest BCUT2D eigenvalue weighted by Gasteiger charge is 2.17. The zero-order chi connectivity index (χ0) is 14.8. The van der Waals surface area contributed by atoms with E-state index in [1.807, 2.05) is 11.4 Å². The van der Waals surface area contributed by atoms with Gasteiger partial charge in [-0.15, -0.1) is 11.3 Å². The molecule has 20 heavy (non-hydrogen) atoms. The Hall–Kier alpha value is -0.870. The molecule has 0 fully saturated rings. The van der Waals surface area contributed by atoms with Gasteiger partial charge < -0.3 is 0 Å². The van der Waals surface area contributed by atoms with Gasteiger partial charge in [-0.3, -0.25) is 11.3 Å². The van der Waals surface area contributed by atoms with E-state index in [1.165, 1.54) is 11.1 Å². The Bertz CT molecular complexity index is 555. The van der Waals surface area contributed by atoms with Gasteiger partial charge in [0, 0.05) is 4.88 Å². The first-order valence-electron chi connectivity index (χ1n) is 6.70. The van der Waals surface area contributed by atoms with Gasteiger partial charge in [0.05, 0.1) is 11.1 Å². The van der Waals surface area contributed by atoms with E-state index in [0.717, 1.165) is 16.3 Å². The molecule has 108 valence electrons. The average molecular weight is 309 g/mol. The molecular weight excluding hydrogens is 288 g/mol. The van der Waals surface area contributed by atoms with E-state index in [0.29, 0.717) is 0 Å². The summed E-state index contributed by atoms with van der Waals surface area (Å²) in [7, 11) is 0. The van der Waals surface area contributed by atoms with Crippen molar-refractivity contribution in [1.82, 2.24) is 5.43 Å². The van der Waals surface area contributed by atoms with Crippen LogP contribution >= 0.6 is 22.9 Å². The molecule has 0 saturated carbocycles. The summed E-state index contributed by atoms with van der Waals surface area (Å²) in [6, 6.07) is 10.7. The maximum absolute atomic E-state index is 6.18. The van der Waals surface area contributed by atoms with Gasteiger partial charge in [-0.2, -0.15) is 0 Å². The molecule has 0 bridgehead atoms. The van der Waals surface area contributed by atoms with Gasteiger partial charge in [-0.25, -0.2) is 0 Å². The third-order valence-electron chi connectivity index (χ3n) is 3.42. The minimum absolute atomic E-state index is 0.0583. The van der Waals surface area contributed by atoms with E-state index in [-0.39, 0.29) is 11.5 Å². The van der Waals surface area contributed by atoms with Gasteiger partial charge in [0.1, 0.15) is 0 Å². The molecule has 4 heteroatoms. The van der Waals surface area contributed by atoms with Gasteiger partial charge in [0.25, 0.3) is 0 Å². The quantitative estimate of drug-likeness (QED) is 0.647. The molecule has 0 aliphatic heterocycles. The average Bonchev–Trinajstić information content (AvgIpc) is 2.82. The van der Waals surface area contributed by atoms with Crippen LogP contribution in [-0.4, -0.2) is 0 Å². The molecule has 0 spiro atoms. The molecule has 0 saturated heterocycles. The molecule has 0 aliphatic rings. The SMILES string of the molecule is CC(C)(C)c1ccc(CC(NN)c2sccc2Cl)cc1. The minimum Gasteiger partial charge on any atom is -0.271 e. The molecule has 1 atom stereocenters. The molecule has 1 aromatic heterocycles. The Morgan fingerprint density at radius 2 is 1.85 bits per heavy atom. The van der Waals surface area contributed by atoms with Gasteiger partial charge in [0.2, 0.25) is 0 Å². The van der Waals surface area contributed by atoms with Crippen LogP contribution in [0.3, 0.4) is 0 Å². The number of hydrogen-bond donors (Lipinski definition) is 2. The second-order valence-corrected chi connectivity index (χ2v) is 7.36. The normalized spacial score (nSPS) is 13.4. The molecule has 0 amide bonds. The van der Waals surface area contributed by atoms with Crippen molar-refractivity contribution in [3.8, 4) is 0 Å². The summed E-state index contributed by atoms with van der Waals surface area (Å²) in [5.74, 6) is 5.68. The first-order chi connectivity index (χ1) is 9.41. The van der Waals surface area contributed by atoms with Gasteiger partial charge in [0.15, 0.2) is 0 Å². The molecule has 2 rings (SSSR count). The first-order valence-corrected chi connectivity index (χ1v) is 7.96. The van der Waals surface area contributed by atoms with Crippen molar-refractivity contribution in [1.29, 1.82) is 0 Å². The number of hydrazine groups is 1. The third kappa shape index (κ3) is 3.61. The Morgan fingerprint density at radius 1 is 1.20 bits per heavy atom. The molecular formula is C16H21ClN2S. The summed E-state index contributed by atoms with van der Waals surface area (Å²) in [6.07, 6.45) is 0.834. The maximum Gasteiger partial charge on any atom is 0.0608 e. The lowest BCUT2D eigenvalue weighted by molar-refractivity contribution is 0.559. The summed E-state index contributed by atoms with van der Waals surface area (Å²) in [6.45, 7) is 6.66. The van der Waals surface area contributed by atoms with Crippen LogP contribution < -0.4 is 11.3 Å². The van der Waals surface area contributed by atoms with E-state index >= 15 is 0 Å². The lowest BCUT2D eigenvalue weighted by atomic mass is 9.86. The minimum atomic E-state index is 0.0583. The van der Waals surface area contributed by atoms with E-state index in [9.17, 15) is 0 Å². The van der Waals surface area contributed by atoms with Crippen molar-refractivity contribution in [3.63, 3.8) is 0 Å². The Kier molecular flexibility index (Phi) is 4.86. The number of halogens is 1. The molecule has 2 aromatic rings. The lowest BCUT2D eigenvalue weighted by Gasteiger charge is -2.20. The van der Waals surface area contributed by atoms with E-state index in [4.69, 9.17) is 17.4 Å². The van der Waals surface area contributed by atoms with E-state index in [1.54, 1.807) is 11.3 Å². The maximum atomic E-state index is 6.18. The molecule has 3 N–H and O–H groups in total. The van der Waals surface area contributed by atoms with Crippen LogP contribution in [0.25, 0.3) is 0 Å². The summed E-state index contributed by atoms with van der Waals surface area (Å²) in [5.41, 5.74) is 5.64. The van der Waals surface area contributed by atoms with Crippen LogP contribution in [0.1, 0.15) is 42.8 Å². The Balaban J connectivity index is 2.15. The summed E-state index contributed by atoms with van der Waals surface area (Å²) in [5, 5.41) is 2.77. The number of thiophene rings is 1. The van der Waals surface area contributed by atoms with Crippen molar-refractivity contribution in [2.75, 3.05) is 0 Å². The predicted molar refractivity (Wildman–Crippen MR) is 88.2 cm³/mol. The smallest absolute Gasteiger partial charge is 0.0608 e. The van der Waals surface area contributed by atoms with Crippen LogP contribution in [0.15, 0.2) is 35.7 Å². The highest BCUT2D eigenvalue weighted by molar-refractivity contribution is 7.10. The van der Waals surface area contributed by atoms with Gasteiger partial charge in [-0.05, 0) is 34.4 Å². The molecule has 1 heterocycles. The number of benzene rings is 1. The zero-order valence-corrected chi connectivity index (χ0v) is 13.7. The van der Waals surface area contributed by atoms with Crippen molar-refractivity contribution in [2.24, 2.45) is 5.84 Å². The van der Waals surface area contributed by atoms with Crippen LogP contribution in [0, 0.1) is 0 Å². The summed E-state index contributed by atoms with van der Waals surface area (Å²) in [4.78, 5) is 1.09. The Morgan fingerprint density at radius 3 is 2.30 bits per heavy atom. The van der Waals surface area contributed by atoms with Gasteiger partial charge >= 0.3 is 0 Å². The number of nitrogens with one attached hydrogen (secondary N) is 1. The summed E-state index contributed by atoms with van der Waals surface area (Å²) >= 11 is 7.81. The standard InChI is InChI=1S/C16H21ClN2S/c1-16(2,3)12-6-4-11(5-7-12)10-14(19-18)15-13(17)8-9-20-15/h4-9,14,19H,10,18H2,1-3H3. The fraction of sp³-hybridized carbons (Fsp3) is 0.375. The fourth-order valence-corrected chi connectivity index (χ4v) is 3.41. The fourth-order valence-electron chi connectivity index (χ4n) is 2.16. The van der Waals surface area contributed by atoms with E-state index < -0.39 is 0 Å². The van der Waals surface area contributed by atoms with Crippen molar-refractivity contribution >= 4 is 22.9 Å². The highest BCUT2D eigenvalue weighted by Crippen LogP contribution is 2.31. The van der Waals surface area contributed by atoms with Crippen molar-refractivity contribution in [3.05, 3.63) is 56.7 Å². The van der Waals surface area contributed by atoms with Crippen molar-refractivity contribution < 1.29 is 0 Å². The highest BCUT2D eigenvalue weighted by atomic mass is 35.5. The topological polar surface area (TPSA) is 38.0 Å². The zero-order valence-electron chi connectivity index (χ0n) is 12.1. The van der Waals surface area contributed by atoms with Crippen molar-refractivity contribution in [2.45, 2.75) is 38.6 Å². The van der Waals surface area contributed by atoms with E-state index in [2.05, 4.69) is 50.5 Å². The Labute approximate surface area is 129 Å². The first kappa shape index (κ1) is 15.5. The largest absolute Gasteiger partial charge is 0.271 e. The number of hydrogen-bond acceptors (Lipinski definition) is 3. The lowest BCUT2D eigenvalue weighted by Crippen LogP contribution is -2.29. The third-order valence-corrected chi connectivity index (χ3v) is 4.89. The van der Waals surface area contributed by atoms with Crippen LogP contribution in [0.2, 0.25) is 5.02 Å². The van der Waals surface area contributed by atoms with Crippen LogP contribution in [0.5, 0.6) is 0 Å². The number of nitrogens with two attached hydrogens (primary N) is 1. The molecule has 2 nitrogen and oxygen atoms in total. The molecule has 1 unspecified atom stereocenters. The van der Waals surface area contributed by atoms with Crippen LogP contribution in [-0.2, 0) is 11.8 Å². The monoisotopic (exact) mass is 308 g/mol. The molecule has 0 radical (unpaired) electrons. The number of rotatable bonds is 4.